The van der Waals surface area contributed by atoms with E-state index in [-0.39, 0.29) is 35.8 Å². The number of aryl methyl sites for hydroxylation is 2. The van der Waals surface area contributed by atoms with E-state index in [1.165, 1.54) is 9.80 Å². The van der Waals surface area contributed by atoms with E-state index in [0.29, 0.717) is 40.8 Å². The highest BCUT2D eigenvalue weighted by Crippen LogP contribution is 2.63. The van der Waals surface area contributed by atoms with Gasteiger partial charge in [0.15, 0.2) is 0 Å². The molecule has 2 aromatic heterocycles. The van der Waals surface area contributed by atoms with Crippen molar-refractivity contribution in [1.82, 2.24) is 9.78 Å². The van der Waals surface area contributed by atoms with Gasteiger partial charge in [-0.1, -0.05) is 41.4 Å². The van der Waals surface area contributed by atoms with Crippen molar-refractivity contribution in [3.8, 4) is 22.1 Å². The van der Waals surface area contributed by atoms with Crippen LogP contribution in [-0.4, -0.2) is 38.5 Å². The van der Waals surface area contributed by atoms with Crippen LogP contribution in [0.15, 0.2) is 96.3 Å². The molecule has 5 aliphatic rings. The van der Waals surface area contributed by atoms with Crippen LogP contribution in [0.3, 0.4) is 0 Å². The number of imide groups is 2. The summed E-state index contributed by atoms with van der Waals surface area (Å²) in [6, 6.07) is 21.4. The van der Waals surface area contributed by atoms with Crippen LogP contribution in [0.4, 0.5) is 11.5 Å². The number of allylic oxidation sites excluding steroid dienone is 3. The Labute approximate surface area is 325 Å². The van der Waals surface area contributed by atoms with Crippen LogP contribution in [0.1, 0.15) is 30.9 Å². The molecule has 0 bridgehead atoms. The Hall–Kier alpha value is -5.52. The molecule has 3 fully saturated rings. The fourth-order valence-corrected chi connectivity index (χ4v) is 11.4. The van der Waals surface area contributed by atoms with E-state index in [1.54, 1.807) is 77.9 Å². The number of para-hydroxylation sites is 1. The number of aromatic hydroxyl groups is 1. The third-order valence-corrected chi connectivity index (χ3v) is 14.2. The van der Waals surface area contributed by atoms with Crippen LogP contribution >= 0.6 is 22.9 Å². The first-order valence-electron chi connectivity index (χ1n) is 18.4. The minimum atomic E-state index is -1.25. The number of hydrogen-bond donors (Lipinski definition) is 1. The monoisotopic (exact) mass is 770 g/mol. The van der Waals surface area contributed by atoms with Gasteiger partial charge in [-0.25, -0.2) is 4.90 Å². The highest BCUT2D eigenvalue weighted by atomic mass is 35.5. The fourth-order valence-electron chi connectivity index (χ4n) is 10.1. The number of nitrogens with zero attached hydrogens (tertiary/aromatic N) is 4. The van der Waals surface area contributed by atoms with E-state index in [0.717, 1.165) is 37.2 Å². The average Bonchev–Trinajstić information content (AvgIpc) is 3.84. The molecule has 55 heavy (non-hydrogen) atoms. The van der Waals surface area contributed by atoms with Crippen LogP contribution in [0.2, 0.25) is 5.02 Å². The molecule has 1 saturated carbocycles. The number of rotatable bonds is 4. The maximum Gasteiger partial charge on any atom is 0.242 e. The lowest BCUT2D eigenvalue weighted by Crippen LogP contribution is -2.51. The molecule has 0 spiro atoms. The number of halogens is 1. The summed E-state index contributed by atoms with van der Waals surface area (Å²) < 4.78 is 8.78. The van der Waals surface area contributed by atoms with E-state index in [2.05, 4.69) is 0 Å². The Balaban J connectivity index is 1.08. The van der Waals surface area contributed by atoms with Gasteiger partial charge in [0.1, 0.15) is 23.0 Å². The van der Waals surface area contributed by atoms with Gasteiger partial charge in [-0.05, 0) is 97.7 Å². The Morgan fingerprint density at radius 3 is 2.55 bits per heavy atom. The van der Waals surface area contributed by atoms with Gasteiger partial charge in [0, 0.05) is 40.7 Å². The van der Waals surface area contributed by atoms with Crippen molar-refractivity contribution in [2.24, 2.45) is 42.1 Å². The zero-order chi connectivity index (χ0) is 38.1. The van der Waals surface area contributed by atoms with E-state index in [1.807, 2.05) is 44.2 Å². The molecule has 10 rings (SSSR count). The zero-order valence-corrected chi connectivity index (χ0v) is 31.7. The summed E-state index contributed by atoms with van der Waals surface area (Å²) in [5, 5.41) is 16.9. The number of aromatic nitrogens is 2. The Bertz CT molecular complexity index is 2610. The second kappa shape index (κ2) is 12.0. The van der Waals surface area contributed by atoms with Gasteiger partial charge in [-0.3, -0.25) is 28.8 Å². The first-order chi connectivity index (χ1) is 26.4. The van der Waals surface area contributed by atoms with E-state index in [4.69, 9.17) is 21.4 Å². The molecule has 2 saturated heterocycles. The predicted octanol–water partition coefficient (Wildman–Crippen LogP) is 7.76. The Morgan fingerprint density at radius 1 is 0.945 bits per heavy atom. The van der Waals surface area contributed by atoms with Crippen LogP contribution in [-0.2, 0) is 32.6 Å². The molecular weight excluding hydrogens is 736 g/mol. The van der Waals surface area contributed by atoms with Gasteiger partial charge in [0.2, 0.25) is 23.6 Å². The number of benzene rings is 3. The molecule has 2 aliphatic carbocycles. The molecule has 276 valence electrons. The van der Waals surface area contributed by atoms with Gasteiger partial charge >= 0.3 is 0 Å². The highest BCUT2D eigenvalue weighted by Gasteiger charge is 2.68. The van der Waals surface area contributed by atoms with E-state index >= 15 is 4.79 Å². The molecule has 5 heterocycles. The summed E-state index contributed by atoms with van der Waals surface area (Å²) in [6.07, 6.45) is 4.64. The van der Waals surface area contributed by atoms with Crippen molar-refractivity contribution in [2.45, 2.75) is 33.1 Å². The number of phenolic OH excluding ortho intramolecular Hbond substituents is 1. The van der Waals surface area contributed by atoms with Gasteiger partial charge < -0.3 is 9.84 Å². The standard InChI is InChI=1S/C43H35ClN4O6S/c1-21-29-17-24(44)9-14-34(29)55-38(21)32-19-35(46(3)45-32)48-40(51)31-18-30-27(11-12-28-36(30)41(52)47(39(28)50)25-7-5-4-6-8-25)37(43(31,2)42(48)53)23-15-22-16-26(49)10-13-33(22)54-20-23/h4-11,13-14,16-17,19-20,28,30-31,36-37,49H,12,15,18H2,1-3H3/t28-,30+,31-,36-,37-,43+/m0/s1. The summed E-state index contributed by atoms with van der Waals surface area (Å²) in [6.45, 7) is 3.87. The summed E-state index contributed by atoms with van der Waals surface area (Å²) in [7, 11) is 1.73. The lowest BCUT2D eigenvalue weighted by atomic mass is 9.51. The number of phenols is 1. The molecule has 10 nitrogen and oxygen atoms in total. The molecule has 0 radical (unpaired) electrons. The Kier molecular flexibility index (Phi) is 7.41. The minimum Gasteiger partial charge on any atom is -0.508 e. The number of carbonyl (C=O) groups is 4. The molecule has 3 aliphatic heterocycles. The van der Waals surface area contributed by atoms with Crippen molar-refractivity contribution < 1.29 is 29.0 Å². The number of ether oxygens (including phenoxy) is 1. The number of hydrogen-bond acceptors (Lipinski definition) is 8. The lowest BCUT2D eigenvalue weighted by molar-refractivity contribution is -0.132. The molecule has 5 aromatic rings. The van der Waals surface area contributed by atoms with Crippen LogP contribution in [0.25, 0.3) is 20.7 Å². The van der Waals surface area contributed by atoms with Crippen molar-refractivity contribution in [2.75, 3.05) is 9.80 Å². The molecular formula is C43H35ClN4O6S. The number of fused-ring (bicyclic) bond motifs is 6. The van der Waals surface area contributed by atoms with Crippen molar-refractivity contribution in [1.29, 1.82) is 0 Å². The van der Waals surface area contributed by atoms with Crippen LogP contribution in [0, 0.1) is 41.9 Å². The number of carbonyl (C=O) groups excluding carboxylic acids is 4. The topological polar surface area (TPSA) is 122 Å². The largest absolute Gasteiger partial charge is 0.508 e. The number of anilines is 2. The molecule has 0 unspecified atom stereocenters. The molecule has 4 amide bonds. The Morgan fingerprint density at radius 2 is 1.75 bits per heavy atom. The average molecular weight is 771 g/mol. The summed E-state index contributed by atoms with van der Waals surface area (Å²) in [5.41, 5.74) is 3.31. The summed E-state index contributed by atoms with van der Waals surface area (Å²) in [5.74, 6) is -3.37. The second-order valence-electron chi connectivity index (χ2n) is 15.5. The van der Waals surface area contributed by atoms with Gasteiger partial charge in [0.05, 0.1) is 40.0 Å². The summed E-state index contributed by atoms with van der Waals surface area (Å²) in [4.78, 5) is 62.0. The molecule has 6 atom stereocenters. The molecule has 3 aromatic carbocycles. The summed E-state index contributed by atoms with van der Waals surface area (Å²) >= 11 is 7.90. The normalized spacial score (nSPS) is 27.1. The zero-order valence-electron chi connectivity index (χ0n) is 30.2. The van der Waals surface area contributed by atoms with Crippen LogP contribution < -0.4 is 14.5 Å². The number of amides is 4. The lowest BCUT2D eigenvalue weighted by Gasteiger charge is -2.49. The number of thiophene rings is 1. The maximum atomic E-state index is 15.2. The van der Waals surface area contributed by atoms with Crippen molar-refractivity contribution in [3.63, 3.8) is 0 Å². The van der Waals surface area contributed by atoms with Crippen LogP contribution in [0.5, 0.6) is 11.5 Å². The van der Waals surface area contributed by atoms with Gasteiger partial charge in [-0.2, -0.15) is 5.10 Å². The predicted molar refractivity (Wildman–Crippen MR) is 209 cm³/mol. The fraction of sp³-hybridized carbons (Fsp3) is 0.279. The van der Waals surface area contributed by atoms with Crippen molar-refractivity contribution >= 4 is 68.2 Å². The molecule has 1 N–H and O–H groups in total. The maximum absolute atomic E-state index is 15.2. The third kappa shape index (κ3) is 4.75. The first-order valence-corrected chi connectivity index (χ1v) is 19.6. The second-order valence-corrected chi connectivity index (χ2v) is 17.0. The highest BCUT2D eigenvalue weighted by molar-refractivity contribution is 7.22. The van der Waals surface area contributed by atoms with E-state index < -0.39 is 35.0 Å². The molecule has 12 heteroatoms. The smallest absolute Gasteiger partial charge is 0.242 e. The van der Waals surface area contributed by atoms with Gasteiger partial charge in [-0.15, -0.1) is 11.3 Å². The van der Waals surface area contributed by atoms with Crippen molar-refractivity contribution in [3.05, 3.63) is 112 Å². The SMILES string of the molecule is Cc1c(-c2cc(N3C(=O)[C@@H]4C[C@@H]5C(=CC[C@@H]6C(=O)N(c7ccccc7)C(=O)[C@@H]65)[C@H](C5=COc6ccc(O)cc6C5)[C@]4(C)C3=O)n(C)n2)sc2ccc(Cl)cc12. The van der Waals surface area contributed by atoms with E-state index in [9.17, 15) is 19.5 Å². The minimum absolute atomic E-state index is 0.0901. The quantitative estimate of drug-likeness (QED) is 0.147. The first kappa shape index (κ1) is 34.0. The van der Waals surface area contributed by atoms with Gasteiger partial charge in [0.25, 0.3) is 0 Å². The third-order valence-electron chi connectivity index (χ3n) is 12.7.